The van der Waals surface area contributed by atoms with E-state index in [1.54, 1.807) is 0 Å². The van der Waals surface area contributed by atoms with Crippen LogP contribution < -0.4 is 15.7 Å². The zero-order chi connectivity index (χ0) is 20.6. The van der Waals surface area contributed by atoms with Crippen molar-refractivity contribution < 1.29 is 0 Å². The van der Waals surface area contributed by atoms with E-state index in [-0.39, 0.29) is 6.85 Å². The van der Waals surface area contributed by atoms with Crippen molar-refractivity contribution in [3.63, 3.8) is 0 Å². The van der Waals surface area contributed by atoms with E-state index >= 15 is 0 Å². The van der Waals surface area contributed by atoms with Crippen molar-refractivity contribution in [3.05, 3.63) is 107 Å². The number of nitrogens with zero attached hydrogens (tertiary/aromatic N) is 1. The Bertz CT molecular complexity index is 1490. The molecule has 5 aliphatic rings. The average molecular weight is 403 g/mol. The summed E-state index contributed by atoms with van der Waals surface area (Å²) in [5.74, 6) is 0.843. The minimum atomic E-state index is 0.219. The molecule has 0 amide bonds. The summed E-state index contributed by atoms with van der Waals surface area (Å²) in [6, 6.07) is 27.6. The number of hydrogen-bond donors (Lipinski definition) is 0. The fourth-order valence-electron chi connectivity index (χ4n) is 7.17. The molecule has 3 heterocycles. The molecule has 146 valence electrons. The molecule has 0 atom stereocenters. The Labute approximate surface area is 187 Å². The number of fused-ring (bicyclic) bond motifs is 6. The van der Waals surface area contributed by atoms with Crippen LogP contribution in [0.5, 0.6) is 0 Å². The van der Waals surface area contributed by atoms with Gasteiger partial charge in [-0.2, -0.15) is 0 Å². The van der Waals surface area contributed by atoms with Crippen LogP contribution >= 0.6 is 0 Å². The Morgan fingerprint density at radius 3 is 1.66 bits per heavy atom. The average Bonchev–Trinajstić information content (AvgIpc) is 2.86. The molecule has 4 aromatic carbocycles. The topological polar surface area (TPSA) is 3.24 Å². The van der Waals surface area contributed by atoms with Crippen molar-refractivity contribution >= 4 is 41.3 Å². The normalized spacial score (nSPS) is 20.8. The first-order chi connectivity index (χ1) is 15.9. The molecule has 9 rings (SSSR count). The smallest absolute Gasteiger partial charge is 0.329 e. The van der Waals surface area contributed by atoms with Gasteiger partial charge in [-0.15, -0.1) is 0 Å². The molecule has 32 heavy (non-hydrogen) atoms. The van der Waals surface area contributed by atoms with E-state index in [2.05, 4.69) is 102 Å². The van der Waals surface area contributed by atoms with E-state index in [1.165, 1.54) is 66.8 Å². The van der Waals surface area contributed by atoms with E-state index in [0.717, 1.165) is 0 Å². The number of anilines is 2. The molecule has 3 aliphatic heterocycles. The van der Waals surface area contributed by atoms with Crippen molar-refractivity contribution in [1.82, 2.24) is 0 Å². The van der Waals surface area contributed by atoms with Crippen LogP contribution in [0.4, 0.5) is 11.4 Å². The first-order valence-corrected chi connectivity index (χ1v) is 11.6. The predicted octanol–water partition coefficient (Wildman–Crippen LogP) is 5.71. The van der Waals surface area contributed by atoms with E-state index in [0.29, 0.717) is 11.8 Å². The number of hydrogen-bond acceptors (Lipinski definition) is 1. The first kappa shape index (κ1) is 15.9. The molecular weight excluding hydrogens is 385 g/mol. The lowest BCUT2D eigenvalue weighted by atomic mass is 9.42. The Morgan fingerprint density at radius 2 is 1.09 bits per heavy atom. The standard InChI is InChI=1S/C30H18BN/c1-3-7-24-20(5-1)22-15-13-18-11-9-17-10-12-19-14-16-23-21-6-2-4-8-25(21)31(24)32-29(22)27(18)26(17)28(19)30(23)32/h1-17,26H. The van der Waals surface area contributed by atoms with Crippen LogP contribution in [0.15, 0.2) is 84.9 Å². The van der Waals surface area contributed by atoms with Crippen LogP contribution in [0.2, 0.25) is 0 Å². The van der Waals surface area contributed by atoms with Gasteiger partial charge in [0, 0.05) is 34.3 Å². The van der Waals surface area contributed by atoms with Crippen molar-refractivity contribution in [1.29, 1.82) is 0 Å². The summed E-state index contributed by atoms with van der Waals surface area (Å²) in [6.45, 7) is 0.219. The van der Waals surface area contributed by atoms with Gasteiger partial charge in [-0.3, -0.25) is 0 Å². The zero-order valence-corrected chi connectivity index (χ0v) is 17.4. The van der Waals surface area contributed by atoms with Crippen LogP contribution in [-0.4, -0.2) is 6.85 Å². The summed E-state index contributed by atoms with van der Waals surface area (Å²) >= 11 is 0. The molecule has 2 aliphatic carbocycles. The third-order valence-electron chi connectivity index (χ3n) is 8.34. The number of rotatable bonds is 0. The summed E-state index contributed by atoms with van der Waals surface area (Å²) in [7, 11) is 0. The van der Waals surface area contributed by atoms with Gasteiger partial charge < -0.3 is 4.81 Å². The molecule has 0 spiro atoms. The molecule has 0 unspecified atom stereocenters. The highest BCUT2D eigenvalue weighted by atomic mass is 15.1. The number of benzene rings is 4. The Kier molecular flexibility index (Phi) is 2.57. The summed E-state index contributed by atoms with van der Waals surface area (Å²) in [5, 5.41) is 0. The fraction of sp³-hybridized carbons (Fsp3) is 0.0667. The Morgan fingerprint density at radius 1 is 0.562 bits per heavy atom. The van der Waals surface area contributed by atoms with Crippen LogP contribution in [0.25, 0.3) is 34.4 Å². The highest BCUT2D eigenvalue weighted by Crippen LogP contribution is 2.61. The second kappa shape index (κ2) is 5.16. The van der Waals surface area contributed by atoms with Gasteiger partial charge in [0.2, 0.25) is 0 Å². The molecule has 0 saturated heterocycles. The molecular formula is C30H18BN. The summed E-state index contributed by atoms with van der Waals surface area (Å²) in [5.41, 5.74) is 17.1. The molecule has 0 radical (unpaired) electrons. The molecule has 2 heteroatoms. The Balaban J connectivity index is 1.55. The van der Waals surface area contributed by atoms with E-state index in [4.69, 9.17) is 0 Å². The lowest BCUT2D eigenvalue weighted by Gasteiger charge is -2.52. The predicted molar refractivity (Wildman–Crippen MR) is 134 cm³/mol. The molecule has 0 bridgehead atoms. The van der Waals surface area contributed by atoms with Crippen LogP contribution in [0, 0.1) is 5.92 Å². The van der Waals surface area contributed by atoms with Crippen LogP contribution in [0.1, 0.15) is 28.2 Å². The monoisotopic (exact) mass is 403 g/mol. The van der Waals surface area contributed by atoms with Gasteiger partial charge in [0.05, 0.1) is 0 Å². The van der Waals surface area contributed by atoms with Crippen LogP contribution in [0.3, 0.4) is 0 Å². The molecule has 0 fully saturated rings. The van der Waals surface area contributed by atoms with E-state index in [1.807, 2.05) is 0 Å². The maximum Gasteiger partial charge on any atom is 0.329 e. The van der Waals surface area contributed by atoms with Gasteiger partial charge in [-0.25, -0.2) is 0 Å². The van der Waals surface area contributed by atoms with Crippen molar-refractivity contribution in [2.75, 3.05) is 4.81 Å². The highest BCUT2D eigenvalue weighted by molar-refractivity contribution is 6.92. The summed E-state index contributed by atoms with van der Waals surface area (Å²) in [4.78, 5) is 2.71. The minimum absolute atomic E-state index is 0.219. The quantitative estimate of drug-likeness (QED) is 0.340. The second-order valence-corrected chi connectivity index (χ2v) is 9.65. The van der Waals surface area contributed by atoms with E-state index in [9.17, 15) is 0 Å². The molecule has 1 nitrogen and oxygen atoms in total. The van der Waals surface area contributed by atoms with Gasteiger partial charge in [0.25, 0.3) is 0 Å². The summed E-state index contributed by atoms with van der Waals surface area (Å²) < 4.78 is 0. The van der Waals surface area contributed by atoms with Gasteiger partial charge >= 0.3 is 6.85 Å². The molecule has 4 aromatic rings. The number of allylic oxidation sites excluding steroid dienone is 2. The second-order valence-electron chi connectivity index (χ2n) is 9.65. The zero-order valence-electron chi connectivity index (χ0n) is 17.4. The third kappa shape index (κ3) is 1.60. The maximum atomic E-state index is 2.71. The van der Waals surface area contributed by atoms with Crippen molar-refractivity contribution in [3.8, 4) is 22.3 Å². The van der Waals surface area contributed by atoms with Crippen molar-refractivity contribution in [2.45, 2.75) is 5.92 Å². The maximum absolute atomic E-state index is 2.71. The highest BCUT2D eigenvalue weighted by Gasteiger charge is 2.50. The SMILES string of the molecule is C1=CC2C=Cc3ccc4c5c3C2c2c1ccc1c2N5B(c2ccccc2-1)c1ccccc1-4. The third-order valence-corrected chi connectivity index (χ3v) is 8.34. The van der Waals surface area contributed by atoms with Gasteiger partial charge in [0.1, 0.15) is 0 Å². The molecule has 0 N–H and O–H groups in total. The molecule has 0 aromatic heterocycles. The van der Waals surface area contributed by atoms with Crippen LogP contribution in [-0.2, 0) is 0 Å². The van der Waals surface area contributed by atoms with Gasteiger partial charge in [0.15, 0.2) is 0 Å². The lowest BCUT2D eigenvalue weighted by Crippen LogP contribution is -2.61. The van der Waals surface area contributed by atoms with Gasteiger partial charge in [-0.1, -0.05) is 97.1 Å². The Hall–Kier alpha value is -3.78. The molecule has 0 saturated carbocycles. The fourth-order valence-corrected chi connectivity index (χ4v) is 7.17. The minimum Gasteiger partial charge on any atom is -0.375 e. The lowest BCUT2D eigenvalue weighted by molar-refractivity contribution is 0.665. The van der Waals surface area contributed by atoms with Crippen molar-refractivity contribution in [2.24, 2.45) is 5.92 Å². The van der Waals surface area contributed by atoms with E-state index < -0.39 is 0 Å². The summed E-state index contributed by atoms with van der Waals surface area (Å²) in [6.07, 6.45) is 9.54. The first-order valence-electron chi connectivity index (χ1n) is 11.6. The van der Waals surface area contributed by atoms with Gasteiger partial charge in [-0.05, 0) is 44.3 Å². The largest absolute Gasteiger partial charge is 0.375 e.